The maximum Gasteiger partial charge on any atom is 0.291 e. The summed E-state index contributed by atoms with van der Waals surface area (Å²) < 4.78 is 11.2. The summed E-state index contributed by atoms with van der Waals surface area (Å²) in [6.45, 7) is 6.21. The van der Waals surface area contributed by atoms with Gasteiger partial charge in [0.1, 0.15) is 0 Å². The number of anilines is 1. The molecule has 146 valence electrons. The Bertz CT molecular complexity index is 741. The van der Waals surface area contributed by atoms with Crippen LogP contribution >= 0.6 is 15.9 Å². The molecule has 2 aromatic rings. The quantitative estimate of drug-likeness (QED) is 0.551. The lowest BCUT2D eigenvalue weighted by atomic mass is 10.1. The molecule has 0 aliphatic carbocycles. The molecule has 1 aromatic heterocycles. The second-order valence-electron chi connectivity index (χ2n) is 6.60. The molecule has 0 unspecified atom stereocenters. The van der Waals surface area contributed by atoms with Crippen LogP contribution in [-0.2, 0) is 16.0 Å². The fraction of sp³-hybridized carbons (Fsp3) is 0.400. The topological polar surface area (TPSA) is 80.6 Å². The molecule has 0 fully saturated rings. The van der Waals surface area contributed by atoms with Gasteiger partial charge in [0.15, 0.2) is 10.4 Å². The molecule has 2 N–H and O–H groups in total. The van der Waals surface area contributed by atoms with Crippen molar-refractivity contribution in [1.82, 2.24) is 5.32 Å². The summed E-state index contributed by atoms with van der Waals surface area (Å²) in [5, 5.41) is 5.63. The predicted octanol–water partition coefficient (Wildman–Crippen LogP) is 4.02. The van der Waals surface area contributed by atoms with Gasteiger partial charge >= 0.3 is 0 Å². The molecule has 0 aliphatic heterocycles. The van der Waals surface area contributed by atoms with E-state index in [4.69, 9.17) is 9.15 Å². The van der Waals surface area contributed by atoms with Crippen molar-refractivity contribution >= 4 is 33.4 Å². The Balaban J connectivity index is 1.70. The molecular formula is C20H25BrN2O4. The highest BCUT2D eigenvalue weighted by Gasteiger charge is 2.11. The molecule has 0 aliphatic rings. The first-order valence-corrected chi connectivity index (χ1v) is 9.73. The normalized spacial score (nSPS) is 10.8. The number of carbonyl (C=O) groups excluding carboxylic acids is 2. The molecule has 1 heterocycles. The maximum absolute atomic E-state index is 12.0. The number of furan rings is 1. The lowest BCUT2D eigenvalue weighted by Crippen LogP contribution is -2.27. The van der Waals surface area contributed by atoms with Gasteiger partial charge in [-0.25, -0.2) is 0 Å². The lowest BCUT2D eigenvalue weighted by molar-refractivity contribution is -0.120. The largest absolute Gasteiger partial charge is 0.444 e. The van der Waals surface area contributed by atoms with Gasteiger partial charge in [0.2, 0.25) is 5.91 Å². The van der Waals surface area contributed by atoms with Crippen LogP contribution in [-0.4, -0.2) is 31.6 Å². The molecule has 1 aromatic carbocycles. The molecule has 6 nitrogen and oxygen atoms in total. The Hall–Kier alpha value is -2.12. The number of carbonyl (C=O) groups is 2. The Morgan fingerprint density at radius 2 is 1.89 bits per heavy atom. The maximum atomic E-state index is 12.0. The minimum atomic E-state index is -0.328. The van der Waals surface area contributed by atoms with E-state index in [0.717, 1.165) is 18.6 Å². The number of hydrogen-bond donors (Lipinski definition) is 2. The van der Waals surface area contributed by atoms with Crippen molar-refractivity contribution in [3.8, 4) is 0 Å². The van der Waals surface area contributed by atoms with Crippen LogP contribution < -0.4 is 10.6 Å². The number of halogens is 1. The Morgan fingerprint density at radius 3 is 2.52 bits per heavy atom. The summed E-state index contributed by atoms with van der Waals surface area (Å²) in [6, 6.07) is 10.4. The third-order valence-corrected chi connectivity index (χ3v) is 4.04. The fourth-order valence-electron chi connectivity index (χ4n) is 2.30. The minimum Gasteiger partial charge on any atom is -0.444 e. The summed E-state index contributed by atoms with van der Waals surface area (Å²) >= 11 is 3.16. The average molecular weight is 437 g/mol. The zero-order valence-electron chi connectivity index (χ0n) is 15.6. The van der Waals surface area contributed by atoms with Crippen LogP contribution in [0.3, 0.4) is 0 Å². The number of amides is 2. The monoisotopic (exact) mass is 436 g/mol. The van der Waals surface area contributed by atoms with Crippen LogP contribution in [0.4, 0.5) is 5.69 Å². The first-order chi connectivity index (χ1) is 12.9. The molecular weight excluding hydrogens is 412 g/mol. The number of benzene rings is 1. The van der Waals surface area contributed by atoms with Crippen molar-refractivity contribution in [1.29, 1.82) is 0 Å². The van der Waals surface area contributed by atoms with E-state index in [2.05, 4.69) is 40.4 Å². The van der Waals surface area contributed by atoms with Crippen LogP contribution in [0.25, 0.3) is 0 Å². The number of nitrogens with one attached hydrogen (secondary N) is 2. The van der Waals surface area contributed by atoms with Crippen LogP contribution in [0.1, 0.15) is 36.4 Å². The van der Waals surface area contributed by atoms with Crippen molar-refractivity contribution in [2.45, 2.75) is 26.7 Å². The van der Waals surface area contributed by atoms with Gasteiger partial charge in [-0.2, -0.15) is 0 Å². The van der Waals surface area contributed by atoms with E-state index in [1.54, 1.807) is 24.3 Å². The third kappa shape index (κ3) is 7.97. The van der Waals surface area contributed by atoms with Gasteiger partial charge in [-0.15, -0.1) is 0 Å². The van der Waals surface area contributed by atoms with E-state index in [-0.39, 0.29) is 17.6 Å². The molecule has 27 heavy (non-hydrogen) atoms. The average Bonchev–Trinajstić information content (AvgIpc) is 3.06. The highest BCUT2D eigenvalue weighted by atomic mass is 79.9. The van der Waals surface area contributed by atoms with E-state index >= 15 is 0 Å². The van der Waals surface area contributed by atoms with Crippen molar-refractivity contribution in [2.75, 3.05) is 25.1 Å². The molecule has 0 saturated heterocycles. The van der Waals surface area contributed by atoms with Crippen molar-refractivity contribution < 1.29 is 18.7 Å². The van der Waals surface area contributed by atoms with Crippen LogP contribution in [0.2, 0.25) is 0 Å². The minimum absolute atomic E-state index is 0.0314. The smallest absolute Gasteiger partial charge is 0.291 e. The van der Waals surface area contributed by atoms with Crippen LogP contribution in [0, 0.1) is 5.92 Å². The lowest BCUT2D eigenvalue weighted by Gasteiger charge is -2.08. The van der Waals surface area contributed by atoms with Gasteiger partial charge in [0.25, 0.3) is 5.91 Å². The second-order valence-corrected chi connectivity index (χ2v) is 7.39. The number of rotatable bonds is 10. The first-order valence-electron chi connectivity index (χ1n) is 8.94. The van der Waals surface area contributed by atoms with Crippen LogP contribution in [0.15, 0.2) is 45.5 Å². The molecule has 0 radical (unpaired) electrons. The standard InChI is InChI=1S/C20H25BrN2O4/c1-14(2)13-26-11-3-10-22-19(24)12-15-4-6-16(7-5-15)23-20(25)17-8-9-18(21)27-17/h4-9,14H,3,10-13H2,1-2H3,(H,22,24)(H,23,25). The first kappa shape index (κ1) is 21.2. The SMILES string of the molecule is CC(C)COCCCNC(=O)Cc1ccc(NC(=O)c2ccc(Br)o2)cc1. The fourth-order valence-corrected chi connectivity index (χ4v) is 2.61. The van der Waals surface area contributed by atoms with E-state index in [0.29, 0.717) is 35.8 Å². The van der Waals surface area contributed by atoms with Gasteiger partial charge in [-0.1, -0.05) is 26.0 Å². The zero-order valence-corrected chi connectivity index (χ0v) is 17.2. The van der Waals surface area contributed by atoms with E-state index < -0.39 is 0 Å². The summed E-state index contributed by atoms with van der Waals surface area (Å²) in [4.78, 5) is 24.0. The molecule has 2 rings (SSSR count). The van der Waals surface area contributed by atoms with E-state index in [9.17, 15) is 9.59 Å². The number of hydrogen-bond acceptors (Lipinski definition) is 4. The summed E-state index contributed by atoms with van der Waals surface area (Å²) in [5.41, 5.74) is 1.52. The third-order valence-electron chi connectivity index (χ3n) is 3.61. The van der Waals surface area contributed by atoms with Gasteiger partial charge in [-0.3, -0.25) is 9.59 Å². The van der Waals surface area contributed by atoms with E-state index in [1.165, 1.54) is 0 Å². The van der Waals surface area contributed by atoms with E-state index in [1.807, 2.05) is 12.1 Å². The Labute approximate surface area is 167 Å². The van der Waals surface area contributed by atoms with Gasteiger partial charge in [0, 0.05) is 25.4 Å². The Morgan fingerprint density at radius 1 is 1.15 bits per heavy atom. The molecule has 0 spiro atoms. The molecule has 0 saturated carbocycles. The predicted molar refractivity (Wildman–Crippen MR) is 108 cm³/mol. The molecule has 0 bridgehead atoms. The molecule has 0 atom stereocenters. The van der Waals surface area contributed by atoms with Crippen molar-refractivity contribution in [3.63, 3.8) is 0 Å². The van der Waals surface area contributed by atoms with Crippen LogP contribution in [0.5, 0.6) is 0 Å². The summed E-state index contributed by atoms with van der Waals surface area (Å²) in [6.07, 6.45) is 1.10. The molecule has 7 heteroatoms. The van der Waals surface area contributed by atoms with Gasteiger partial charge in [0.05, 0.1) is 6.42 Å². The van der Waals surface area contributed by atoms with Crippen molar-refractivity contribution in [2.24, 2.45) is 5.92 Å². The van der Waals surface area contributed by atoms with Gasteiger partial charge < -0.3 is 19.8 Å². The summed E-state index contributed by atoms with van der Waals surface area (Å²) in [7, 11) is 0. The second kappa shape index (κ2) is 10.9. The van der Waals surface area contributed by atoms with Crippen molar-refractivity contribution in [3.05, 3.63) is 52.4 Å². The highest BCUT2D eigenvalue weighted by molar-refractivity contribution is 9.10. The summed E-state index contributed by atoms with van der Waals surface area (Å²) in [5.74, 6) is 0.387. The molecule has 2 amide bonds. The number of ether oxygens (including phenoxy) is 1. The zero-order chi connectivity index (χ0) is 19.6. The highest BCUT2D eigenvalue weighted by Crippen LogP contribution is 2.16. The van der Waals surface area contributed by atoms with Gasteiger partial charge in [-0.05, 0) is 58.1 Å². The Kier molecular flexibility index (Phi) is 8.54.